The average molecular weight is 370 g/mol. The molecule has 0 aliphatic heterocycles. The van der Waals surface area contributed by atoms with Gasteiger partial charge in [-0.1, -0.05) is 25.0 Å². The molecule has 1 unspecified atom stereocenters. The summed E-state index contributed by atoms with van der Waals surface area (Å²) in [4.78, 5) is 13.4. The third-order valence-electron chi connectivity index (χ3n) is 2.88. The number of allylic oxidation sites excluding steroid dienone is 1. The molecule has 113 valence electrons. The van der Waals surface area contributed by atoms with Crippen LogP contribution in [0.5, 0.6) is 5.75 Å². The van der Waals surface area contributed by atoms with Crippen LogP contribution in [-0.2, 0) is 32.7 Å². The molecule has 7 heteroatoms. The van der Waals surface area contributed by atoms with E-state index in [1.165, 1.54) is 43.5 Å². The van der Waals surface area contributed by atoms with Crippen molar-refractivity contribution in [3.05, 3.63) is 46.5 Å². The fraction of sp³-hybridized carbons (Fsp3) is 0.429. The smallest absolute Gasteiger partial charge is 0.269 e. The number of nitrogens with zero attached hydrogens (tertiary/aromatic N) is 1. The SMILES string of the molecule is O=[N+]([O-])c1ccc(OO)cc1.OC1/C=C/CCCCC1.[Y]. The monoisotopic (exact) mass is 370 g/mol. The number of hydrogen-bond donors (Lipinski definition) is 2. The predicted molar refractivity (Wildman–Crippen MR) is 74.6 cm³/mol. The Morgan fingerprint density at radius 3 is 2.43 bits per heavy atom. The molecule has 21 heavy (non-hydrogen) atoms. The molecular weight excluding hydrogens is 351 g/mol. The summed E-state index contributed by atoms with van der Waals surface area (Å²) in [5.41, 5.74) is -0.0363. The Morgan fingerprint density at radius 1 is 1.19 bits per heavy atom. The third kappa shape index (κ3) is 8.93. The van der Waals surface area contributed by atoms with Crippen molar-refractivity contribution in [2.24, 2.45) is 0 Å². The molecule has 1 aliphatic carbocycles. The normalized spacial score (nSPS) is 18.9. The van der Waals surface area contributed by atoms with Crippen molar-refractivity contribution < 1.29 is 52.9 Å². The molecule has 0 saturated carbocycles. The molecule has 0 aromatic heterocycles. The zero-order valence-corrected chi connectivity index (χ0v) is 14.6. The van der Waals surface area contributed by atoms with Crippen LogP contribution in [0, 0.1) is 10.1 Å². The van der Waals surface area contributed by atoms with E-state index in [0.29, 0.717) is 0 Å². The first-order valence-electron chi connectivity index (χ1n) is 6.54. The molecule has 0 bridgehead atoms. The van der Waals surface area contributed by atoms with E-state index in [0.717, 1.165) is 12.8 Å². The van der Waals surface area contributed by atoms with Gasteiger partial charge in [-0.3, -0.25) is 10.1 Å². The third-order valence-corrected chi connectivity index (χ3v) is 2.88. The van der Waals surface area contributed by atoms with Crippen molar-refractivity contribution in [1.82, 2.24) is 0 Å². The van der Waals surface area contributed by atoms with Crippen LogP contribution in [0.2, 0.25) is 0 Å². The molecule has 0 amide bonds. The van der Waals surface area contributed by atoms with Gasteiger partial charge >= 0.3 is 0 Å². The van der Waals surface area contributed by atoms with Crippen molar-refractivity contribution in [3.8, 4) is 5.75 Å². The van der Waals surface area contributed by atoms with Crippen LogP contribution in [0.25, 0.3) is 0 Å². The Morgan fingerprint density at radius 2 is 1.86 bits per heavy atom. The summed E-state index contributed by atoms with van der Waals surface area (Å²) in [6, 6.07) is 5.09. The molecule has 0 heterocycles. The number of rotatable bonds is 2. The zero-order chi connectivity index (χ0) is 14.8. The molecule has 1 aliphatic rings. The maximum Gasteiger partial charge on any atom is 0.269 e. The van der Waals surface area contributed by atoms with Crippen molar-refractivity contribution in [3.63, 3.8) is 0 Å². The van der Waals surface area contributed by atoms with Gasteiger partial charge in [0.15, 0.2) is 5.75 Å². The molecule has 1 aromatic rings. The molecular formula is C14H19NO5Y. The van der Waals surface area contributed by atoms with Crippen LogP contribution in [-0.4, -0.2) is 21.4 Å². The van der Waals surface area contributed by atoms with Crippen LogP contribution in [0.3, 0.4) is 0 Å². The van der Waals surface area contributed by atoms with Crippen LogP contribution < -0.4 is 4.89 Å². The first kappa shape index (κ1) is 20.2. The molecule has 1 radical (unpaired) electrons. The second kappa shape index (κ2) is 11.8. The predicted octanol–water partition coefficient (Wildman–Crippen LogP) is 3.31. The van der Waals surface area contributed by atoms with E-state index in [-0.39, 0.29) is 50.3 Å². The Bertz CT molecular complexity index is 435. The van der Waals surface area contributed by atoms with E-state index < -0.39 is 4.92 Å². The number of hydrogen-bond acceptors (Lipinski definition) is 5. The van der Waals surface area contributed by atoms with Crippen molar-refractivity contribution in [2.75, 3.05) is 0 Å². The summed E-state index contributed by atoms with van der Waals surface area (Å²) in [7, 11) is 0. The van der Waals surface area contributed by atoms with Crippen molar-refractivity contribution >= 4 is 5.69 Å². The Balaban J connectivity index is 0.000000370. The second-order valence-corrected chi connectivity index (χ2v) is 4.48. The minimum absolute atomic E-state index is 0. The van der Waals surface area contributed by atoms with E-state index in [1.54, 1.807) is 0 Å². The maximum absolute atomic E-state index is 10.1. The van der Waals surface area contributed by atoms with E-state index in [1.807, 2.05) is 6.08 Å². The Kier molecular flexibility index (Phi) is 11.3. The van der Waals surface area contributed by atoms with Crippen molar-refractivity contribution in [2.45, 2.75) is 38.2 Å². The number of nitro benzene ring substituents is 1. The summed E-state index contributed by atoms with van der Waals surface area (Å²) in [6.45, 7) is 0. The maximum atomic E-state index is 10.1. The van der Waals surface area contributed by atoms with E-state index in [9.17, 15) is 10.1 Å². The van der Waals surface area contributed by atoms with Gasteiger partial charge in [-0.25, -0.2) is 5.26 Å². The number of nitro groups is 1. The van der Waals surface area contributed by atoms with E-state index >= 15 is 0 Å². The first-order chi connectivity index (χ1) is 9.63. The molecule has 6 nitrogen and oxygen atoms in total. The van der Waals surface area contributed by atoms with Crippen LogP contribution in [0.15, 0.2) is 36.4 Å². The van der Waals surface area contributed by atoms with Crippen LogP contribution in [0.1, 0.15) is 32.1 Å². The molecule has 0 fully saturated rings. The van der Waals surface area contributed by atoms with Gasteiger partial charge in [-0.05, 0) is 31.4 Å². The molecule has 2 N–H and O–H groups in total. The minimum Gasteiger partial charge on any atom is -0.389 e. The topological polar surface area (TPSA) is 92.8 Å². The van der Waals surface area contributed by atoms with Crippen molar-refractivity contribution in [1.29, 1.82) is 0 Å². The summed E-state index contributed by atoms with van der Waals surface area (Å²) in [5.74, 6) is 0.176. The quantitative estimate of drug-likeness (QED) is 0.361. The molecule has 0 spiro atoms. The van der Waals surface area contributed by atoms with Gasteiger partial charge in [0.1, 0.15) is 0 Å². The fourth-order valence-corrected chi connectivity index (χ4v) is 1.77. The zero-order valence-electron chi connectivity index (χ0n) is 11.7. The fourth-order valence-electron chi connectivity index (χ4n) is 1.77. The Labute approximate surface area is 148 Å². The number of benzene rings is 1. The first-order valence-corrected chi connectivity index (χ1v) is 6.54. The molecule has 1 aromatic carbocycles. The number of aliphatic hydroxyl groups excluding tert-OH is 1. The van der Waals surface area contributed by atoms with Crippen LogP contribution >= 0.6 is 0 Å². The van der Waals surface area contributed by atoms with Gasteiger partial charge < -0.3 is 9.99 Å². The summed E-state index contributed by atoms with van der Waals surface area (Å²) >= 11 is 0. The van der Waals surface area contributed by atoms with Gasteiger partial charge in [0.05, 0.1) is 11.0 Å². The standard InChI is InChI=1S/C8H14O.C6H5NO4.Y/c9-8-6-4-2-1-3-5-7-8;8-7(9)5-1-3-6(11-10)4-2-5;/h4,6,8-9H,1-3,5,7H2;1-4,10H;/b6-4+;;. The summed E-state index contributed by atoms with van der Waals surface area (Å²) in [6.07, 6.45) is 9.71. The number of aliphatic hydroxyl groups is 1. The molecule has 0 saturated heterocycles. The van der Waals surface area contributed by atoms with Gasteiger partial charge in [0.2, 0.25) is 0 Å². The largest absolute Gasteiger partial charge is 0.389 e. The van der Waals surface area contributed by atoms with Gasteiger partial charge in [-0.15, -0.1) is 0 Å². The number of non-ortho nitro benzene ring substituents is 1. The minimum atomic E-state index is -0.527. The molecule has 2 rings (SSSR count). The average Bonchev–Trinajstić information content (AvgIpc) is 2.44. The molecule has 1 atom stereocenters. The van der Waals surface area contributed by atoms with E-state index in [2.05, 4.69) is 11.0 Å². The van der Waals surface area contributed by atoms with E-state index in [4.69, 9.17) is 10.4 Å². The second-order valence-electron chi connectivity index (χ2n) is 4.48. The summed E-state index contributed by atoms with van der Waals surface area (Å²) in [5, 5.41) is 27.3. The summed E-state index contributed by atoms with van der Waals surface area (Å²) < 4.78 is 0. The van der Waals surface area contributed by atoms with Crippen LogP contribution in [0.4, 0.5) is 5.69 Å². The van der Waals surface area contributed by atoms with Gasteiger partial charge in [-0.2, -0.15) is 0 Å². The van der Waals surface area contributed by atoms with Gasteiger partial charge in [0.25, 0.3) is 5.69 Å². The van der Waals surface area contributed by atoms with Gasteiger partial charge in [0, 0.05) is 44.8 Å². The Hall–Kier alpha value is -0.816.